The van der Waals surface area contributed by atoms with Crippen molar-refractivity contribution >= 4 is 11.4 Å². The van der Waals surface area contributed by atoms with Gasteiger partial charge in [0.25, 0.3) is 0 Å². The Bertz CT molecular complexity index is 932. The molecule has 0 heterocycles. The van der Waals surface area contributed by atoms with Crippen molar-refractivity contribution in [3.63, 3.8) is 0 Å². The Hall–Kier alpha value is -2.94. The number of nitrogens with zero attached hydrogens (tertiary/aromatic N) is 2. The number of phenolic OH excluding ortho intramolecular Hbond substituents is 1. The summed E-state index contributed by atoms with van der Waals surface area (Å²) in [5.74, 6) is 0.234. The maximum atomic E-state index is 9.43. The van der Waals surface area contributed by atoms with Gasteiger partial charge in [-0.15, -0.1) is 5.11 Å². The second kappa shape index (κ2) is 10.0. The Morgan fingerprint density at radius 3 is 1.90 bits per heavy atom. The average molecular weight is 387 g/mol. The average Bonchev–Trinajstić information content (AvgIpc) is 2.77. The summed E-state index contributed by atoms with van der Waals surface area (Å²) in [5, 5.41) is 18.4. The molecule has 0 radical (unpaired) electrons. The van der Waals surface area contributed by atoms with E-state index in [-0.39, 0.29) is 5.75 Å². The molecule has 3 heteroatoms. The molecule has 0 atom stereocenters. The monoisotopic (exact) mass is 386 g/mol. The minimum Gasteiger partial charge on any atom is -0.508 e. The maximum Gasteiger partial charge on any atom is 0.115 e. The van der Waals surface area contributed by atoms with Crippen molar-refractivity contribution in [2.75, 3.05) is 0 Å². The van der Waals surface area contributed by atoms with Gasteiger partial charge in [-0.05, 0) is 89.9 Å². The highest BCUT2D eigenvalue weighted by Crippen LogP contribution is 2.33. The van der Waals surface area contributed by atoms with E-state index in [0.717, 1.165) is 30.6 Å². The minimum absolute atomic E-state index is 0.234. The summed E-state index contributed by atoms with van der Waals surface area (Å²) in [5.41, 5.74) is 8.00. The number of hydrogen-bond donors (Lipinski definition) is 1. The van der Waals surface area contributed by atoms with Crippen LogP contribution in [0.3, 0.4) is 0 Å². The molecule has 150 valence electrons. The van der Waals surface area contributed by atoms with Crippen LogP contribution in [0.25, 0.3) is 11.1 Å². The molecule has 3 aromatic carbocycles. The Kier molecular flexibility index (Phi) is 7.18. The van der Waals surface area contributed by atoms with Gasteiger partial charge in [-0.25, -0.2) is 0 Å². The zero-order valence-corrected chi connectivity index (χ0v) is 17.7. The number of unbranched alkanes of at least 4 members (excludes halogenated alkanes) is 1. The molecule has 0 bridgehead atoms. The third-order valence-corrected chi connectivity index (χ3v) is 5.25. The molecule has 0 unspecified atom stereocenters. The van der Waals surface area contributed by atoms with Crippen molar-refractivity contribution in [1.82, 2.24) is 0 Å². The highest BCUT2D eigenvalue weighted by atomic mass is 16.3. The van der Waals surface area contributed by atoms with E-state index in [9.17, 15) is 5.11 Å². The predicted octanol–water partition coefficient (Wildman–Crippen LogP) is 7.94. The van der Waals surface area contributed by atoms with E-state index in [4.69, 9.17) is 0 Å². The van der Waals surface area contributed by atoms with Crippen LogP contribution < -0.4 is 0 Å². The molecule has 0 aliphatic rings. The van der Waals surface area contributed by atoms with Crippen molar-refractivity contribution in [1.29, 1.82) is 0 Å². The first-order chi connectivity index (χ1) is 14.1. The van der Waals surface area contributed by atoms with Gasteiger partial charge in [-0.1, -0.05) is 51.5 Å². The first kappa shape index (κ1) is 20.8. The SMILES string of the molecule is CCCCc1ccc(-c2cc(CC)c(N=Nc3ccc(O)cc3)c(CC)c2)cc1. The number of hydrogen-bond acceptors (Lipinski definition) is 3. The zero-order valence-electron chi connectivity index (χ0n) is 17.7. The molecule has 0 aromatic heterocycles. The fraction of sp³-hybridized carbons (Fsp3) is 0.308. The standard InChI is InChI=1S/C26H30N2O/c1-4-7-8-19-9-11-22(12-10-19)23-17-20(5-2)26(21(6-3)18-23)28-27-24-13-15-25(29)16-14-24/h9-18,29H,4-8H2,1-3H3. The van der Waals surface area contributed by atoms with Crippen LogP contribution in [0.1, 0.15) is 50.3 Å². The maximum absolute atomic E-state index is 9.43. The van der Waals surface area contributed by atoms with Crippen molar-refractivity contribution < 1.29 is 5.11 Å². The van der Waals surface area contributed by atoms with Crippen LogP contribution >= 0.6 is 0 Å². The summed E-state index contributed by atoms with van der Waals surface area (Å²) < 4.78 is 0. The molecule has 0 spiro atoms. The Morgan fingerprint density at radius 1 is 0.724 bits per heavy atom. The van der Waals surface area contributed by atoms with Crippen LogP contribution in [0.4, 0.5) is 11.4 Å². The number of aromatic hydroxyl groups is 1. The largest absolute Gasteiger partial charge is 0.508 e. The van der Waals surface area contributed by atoms with Crippen molar-refractivity contribution in [2.45, 2.75) is 52.9 Å². The van der Waals surface area contributed by atoms with Gasteiger partial charge in [0.15, 0.2) is 0 Å². The van der Waals surface area contributed by atoms with Gasteiger partial charge in [0, 0.05) is 0 Å². The summed E-state index contributed by atoms with van der Waals surface area (Å²) in [6, 6.07) is 20.2. The summed E-state index contributed by atoms with van der Waals surface area (Å²) in [7, 11) is 0. The summed E-state index contributed by atoms with van der Waals surface area (Å²) >= 11 is 0. The molecule has 3 aromatic rings. The molecule has 0 aliphatic heterocycles. The van der Waals surface area contributed by atoms with Crippen molar-refractivity contribution in [3.05, 3.63) is 77.4 Å². The Labute approximate surface area is 174 Å². The van der Waals surface area contributed by atoms with E-state index < -0.39 is 0 Å². The second-order valence-electron chi connectivity index (χ2n) is 7.37. The van der Waals surface area contributed by atoms with E-state index in [1.165, 1.54) is 40.7 Å². The van der Waals surface area contributed by atoms with Gasteiger partial charge in [-0.3, -0.25) is 0 Å². The molecule has 0 fully saturated rings. The van der Waals surface area contributed by atoms with Crippen LogP contribution in [0.5, 0.6) is 5.75 Å². The van der Waals surface area contributed by atoms with E-state index >= 15 is 0 Å². The van der Waals surface area contributed by atoms with Crippen LogP contribution in [0.15, 0.2) is 70.9 Å². The van der Waals surface area contributed by atoms with Crippen molar-refractivity contribution in [2.24, 2.45) is 10.2 Å². The lowest BCUT2D eigenvalue weighted by Gasteiger charge is -2.13. The normalized spacial score (nSPS) is 11.3. The fourth-order valence-corrected chi connectivity index (χ4v) is 3.47. The minimum atomic E-state index is 0.234. The number of rotatable bonds is 8. The molecule has 0 saturated heterocycles. The molecule has 1 N–H and O–H groups in total. The molecule has 0 saturated carbocycles. The smallest absolute Gasteiger partial charge is 0.115 e. The molecular weight excluding hydrogens is 356 g/mol. The first-order valence-electron chi connectivity index (χ1n) is 10.6. The highest BCUT2D eigenvalue weighted by molar-refractivity contribution is 5.70. The highest BCUT2D eigenvalue weighted by Gasteiger charge is 2.10. The van der Waals surface area contributed by atoms with Gasteiger partial charge in [0.2, 0.25) is 0 Å². The quantitative estimate of drug-likeness (QED) is 0.392. The molecular formula is C26H30N2O. The van der Waals surface area contributed by atoms with Crippen LogP contribution in [-0.4, -0.2) is 5.11 Å². The van der Waals surface area contributed by atoms with Gasteiger partial charge < -0.3 is 5.11 Å². The summed E-state index contributed by atoms with van der Waals surface area (Å²) in [4.78, 5) is 0. The van der Waals surface area contributed by atoms with Crippen LogP contribution in [-0.2, 0) is 19.3 Å². The third kappa shape index (κ3) is 5.32. The van der Waals surface area contributed by atoms with Gasteiger partial charge in [0.05, 0.1) is 11.4 Å². The third-order valence-electron chi connectivity index (χ3n) is 5.25. The number of benzene rings is 3. The lowest BCUT2D eigenvalue weighted by molar-refractivity contribution is 0.475. The van der Waals surface area contributed by atoms with Crippen LogP contribution in [0.2, 0.25) is 0 Å². The fourth-order valence-electron chi connectivity index (χ4n) is 3.47. The van der Waals surface area contributed by atoms with Crippen LogP contribution in [0, 0.1) is 0 Å². The molecule has 29 heavy (non-hydrogen) atoms. The topological polar surface area (TPSA) is 45.0 Å². The number of aryl methyl sites for hydroxylation is 3. The molecule has 0 amide bonds. The number of phenols is 1. The Morgan fingerprint density at radius 2 is 1.34 bits per heavy atom. The molecule has 3 nitrogen and oxygen atoms in total. The van der Waals surface area contributed by atoms with E-state index in [1.807, 2.05) is 0 Å². The van der Waals surface area contributed by atoms with Gasteiger partial charge in [-0.2, -0.15) is 5.11 Å². The lowest BCUT2D eigenvalue weighted by atomic mass is 9.94. The van der Waals surface area contributed by atoms with Gasteiger partial charge in [0.1, 0.15) is 5.75 Å². The number of azo groups is 1. The van der Waals surface area contributed by atoms with E-state index in [1.54, 1.807) is 24.3 Å². The summed E-state index contributed by atoms with van der Waals surface area (Å²) in [6.45, 7) is 6.55. The zero-order chi connectivity index (χ0) is 20.6. The molecule has 3 rings (SSSR count). The Balaban J connectivity index is 1.92. The van der Waals surface area contributed by atoms with Crippen molar-refractivity contribution in [3.8, 4) is 16.9 Å². The predicted molar refractivity (Wildman–Crippen MR) is 122 cm³/mol. The van der Waals surface area contributed by atoms with E-state index in [2.05, 4.69) is 67.4 Å². The lowest BCUT2D eigenvalue weighted by Crippen LogP contribution is -1.92. The molecule has 0 aliphatic carbocycles. The first-order valence-corrected chi connectivity index (χ1v) is 10.6. The van der Waals surface area contributed by atoms with Gasteiger partial charge >= 0.3 is 0 Å². The summed E-state index contributed by atoms with van der Waals surface area (Å²) in [6.07, 6.45) is 5.41. The second-order valence-corrected chi connectivity index (χ2v) is 7.37. The van der Waals surface area contributed by atoms with E-state index in [0.29, 0.717) is 0 Å².